The zero-order valence-corrected chi connectivity index (χ0v) is 11.9. The Morgan fingerprint density at radius 2 is 2.18 bits per heavy atom. The van der Waals surface area contributed by atoms with E-state index in [1.165, 1.54) is 15.3 Å². The third-order valence-corrected chi connectivity index (χ3v) is 3.70. The molecular weight excluding hydrogens is 234 g/mol. The minimum atomic E-state index is -0.433. The highest BCUT2D eigenvalue weighted by Gasteiger charge is 2.12. The molecule has 17 heavy (non-hydrogen) atoms. The average Bonchev–Trinajstić information content (AvgIpc) is 2.62. The van der Waals surface area contributed by atoms with Crippen LogP contribution in [0.4, 0.5) is 0 Å². The predicted molar refractivity (Wildman–Crippen MR) is 72.7 cm³/mol. The molecule has 0 amide bonds. The van der Waals surface area contributed by atoms with Gasteiger partial charge in [-0.3, -0.25) is 0 Å². The van der Waals surface area contributed by atoms with Crippen LogP contribution < -0.4 is 5.32 Å². The first-order valence-electron chi connectivity index (χ1n) is 6.10. The molecule has 1 aromatic heterocycles. The van der Waals surface area contributed by atoms with Crippen molar-refractivity contribution in [2.24, 2.45) is 0 Å². The van der Waals surface area contributed by atoms with E-state index < -0.39 is 6.10 Å². The van der Waals surface area contributed by atoms with Gasteiger partial charge in [-0.05, 0) is 39.3 Å². The first-order valence-corrected chi connectivity index (χ1v) is 6.92. The number of aliphatic hydroxyl groups is 1. The van der Waals surface area contributed by atoms with Gasteiger partial charge < -0.3 is 15.2 Å². The smallest absolute Gasteiger partial charge is 0.0897 e. The molecule has 0 aliphatic heterocycles. The molecule has 0 aromatic carbocycles. The summed E-state index contributed by atoms with van der Waals surface area (Å²) in [7, 11) is 0. The fourth-order valence-electron chi connectivity index (χ4n) is 1.82. The van der Waals surface area contributed by atoms with Gasteiger partial charge in [-0.15, -0.1) is 11.3 Å². The van der Waals surface area contributed by atoms with Gasteiger partial charge in [0.15, 0.2) is 0 Å². The van der Waals surface area contributed by atoms with E-state index >= 15 is 0 Å². The van der Waals surface area contributed by atoms with Crippen LogP contribution in [0, 0.1) is 13.8 Å². The Morgan fingerprint density at radius 3 is 2.71 bits per heavy atom. The third kappa shape index (κ3) is 4.76. The van der Waals surface area contributed by atoms with Gasteiger partial charge in [-0.2, -0.15) is 0 Å². The topological polar surface area (TPSA) is 41.5 Å². The molecule has 3 nitrogen and oxygen atoms in total. The second-order valence-corrected chi connectivity index (χ2v) is 5.77. The van der Waals surface area contributed by atoms with Crippen molar-refractivity contribution in [3.63, 3.8) is 0 Å². The van der Waals surface area contributed by atoms with Crippen LogP contribution in [0.1, 0.15) is 35.2 Å². The van der Waals surface area contributed by atoms with Crippen LogP contribution in [0.25, 0.3) is 0 Å². The quantitative estimate of drug-likeness (QED) is 0.788. The summed E-state index contributed by atoms with van der Waals surface area (Å²) in [5.74, 6) is 0. The molecule has 2 unspecified atom stereocenters. The minimum absolute atomic E-state index is 0.274. The average molecular weight is 257 g/mol. The largest absolute Gasteiger partial charge is 0.389 e. The van der Waals surface area contributed by atoms with E-state index in [-0.39, 0.29) is 6.04 Å². The predicted octanol–water partition coefficient (Wildman–Crippen LogP) is 2.41. The first kappa shape index (κ1) is 14.6. The lowest BCUT2D eigenvalue weighted by molar-refractivity contribution is 0.0416. The van der Waals surface area contributed by atoms with E-state index in [1.54, 1.807) is 0 Å². The molecule has 0 bridgehead atoms. The molecule has 1 heterocycles. The molecule has 0 aliphatic rings. The lowest BCUT2D eigenvalue weighted by Crippen LogP contribution is -2.32. The lowest BCUT2D eigenvalue weighted by atomic mass is 10.1. The number of thiophene rings is 1. The second-order valence-electron chi connectivity index (χ2n) is 4.31. The number of rotatable bonds is 7. The van der Waals surface area contributed by atoms with Crippen molar-refractivity contribution in [3.05, 3.63) is 21.4 Å². The Bertz CT molecular complexity index is 338. The molecule has 0 saturated carbocycles. The van der Waals surface area contributed by atoms with E-state index in [1.807, 2.05) is 18.3 Å². The Hall–Kier alpha value is -0.420. The van der Waals surface area contributed by atoms with Crippen LogP contribution >= 0.6 is 11.3 Å². The van der Waals surface area contributed by atoms with E-state index in [9.17, 15) is 5.11 Å². The van der Waals surface area contributed by atoms with E-state index in [2.05, 4.69) is 32.2 Å². The molecule has 0 radical (unpaired) electrons. The van der Waals surface area contributed by atoms with Gasteiger partial charge in [-0.25, -0.2) is 0 Å². The number of aryl methyl sites for hydroxylation is 2. The van der Waals surface area contributed by atoms with Crippen LogP contribution in [-0.2, 0) is 4.74 Å². The monoisotopic (exact) mass is 257 g/mol. The zero-order chi connectivity index (χ0) is 12.8. The fraction of sp³-hybridized carbons (Fsp3) is 0.692. The Labute approximate surface area is 108 Å². The highest BCUT2D eigenvalue weighted by Crippen LogP contribution is 2.25. The highest BCUT2D eigenvalue weighted by atomic mass is 32.1. The van der Waals surface area contributed by atoms with Gasteiger partial charge in [0.25, 0.3) is 0 Å². The molecule has 0 aliphatic carbocycles. The fourth-order valence-corrected chi connectivity index (χ4v) is 2.84. The third-order valence-electron chi connectivity index (χ3n) is 2.72. The molecule has 4 heteroatoms. The van der Waals surface area contributed by atoms with Gasteiger partial charge in [0.1, 0.15) is 0 Å². The van der Waals surface area contributed by atoms with Gasteiger partial charge >= 0.3 is 0 Å². The number of nitrogens with one attached hydrogen (secondary N) is 1. The van der Waals surface area contributed by atoms with Crippen molar-refractivity contribution in [3.8, 4) is 0 Å². The summed E-state index contributed by atoms with van der Waals surface area (Å²) in [5, 5.41) is 13.0. The molecule has 2 N–H and O–H groups in total. The number of hydrogen-bond acceptors (Lipinski definition) is 4. The Morgan fingerprint density at radius 1 is 1.47 bits per heavy atom. The maximum absolute atomic E-state index is 9.67. The van der Waals surface area contributed by atoms with Crippen LogP contribution in [-0.4, -0.2) is 31.0 Å². The summed E-state index contributed by atoms with van der Waals surface area (Å²) in [6.07, 6.45) is -0.433. The maximum Gasteiger partial charge on any atom is 0.0897 e. The maximum atomic E-state index is 9.67. The lowest BCUT2D eigenvalue weighted by Gasteiger charge is -2.17. The molecule has 98 valence electrons. The van der Waals surface area contributed by atoms with Crippen molar-refractivity contribution in [2.45, 2.75) is 39.8 Å². The summed E-state index contributed by atoms with van der Waals surface area (Å²) >= 11 is 1.82. The van der Waals surface area contributed by atoms with Gasteiger partial charge in [-0.1, -0.05) is 0 Å². The molecule has 0 saturated heterocycles. The summed E-state index contributed by atoms with van der Waals surface area (Å²) in [6, 6.07) is 2.49. The van der Waals surface area contributed by atoms with Crippen LogP contribution in [0.2, 0.25) is 0 Å². The molecule has 0 spiro atoms. The Balaban J connectivity index is 2.39. The standard InChI is InChI=1S/C13H23NO2S/c1-5-16-8-12(15)7-14-10(3)13-6-9(2)17-11(13)4/h6,10,12,14-15H,5,7-8H2,1-4H3. The Kier molecular flexibility index (Phi) is 6.12. The van der Waals surface area contributed by atoms with E-state index in [0.717, 1.165) is 0 Å². The van der Waals surface area contributed by atoms with Gasteiger partial charge in [0.2, 0.25) is 0 Å². The summed E-state index contributed by atoms with van der Waals surface area (Å²) in [5.41, 5.74) is 1.33. The molecule has 0 fully saturated rings. The van der Waals surface area contributed by atoms with Gasteiger partial charge in [0, 0.05) is 28.9 Å². The van der Waals surface area contributed by atoms with Crippen LogP contribution in [0.5, 0.6) is 0 Å². The normalized spacial score (nSPS) is 14.9. The highest BCUT2D eigenvalue weighted by molar-refractivity contribution is 7.12. The summed E-state index contributed by atoms with van der Waals surface area (Å²) in [6.45, 7) is 9.94. The van der Waals surface area contributed by atoms with Crippen molar-refractivity contribution in [2.75, 3.05) is 19.8 Å². The SMILES string of the molecule is CCOCC(O)CNC(C)c1cc(C)sc1C. The van der Waals surface area contributed by atoms with Crippen molar-refractivity contribution < 1.29 is 9.84 Å². The van der Waals surface area contributed by atoms with E-state index in [4.69, 9.17) is 4.74 Å². The summed E-state index contributed by atoms with van der Waals surface area (Å²) in [4.78, 5) is 2.68. The van der Waals surface area contributed by atoms with Crippen molar-refractivity contribution in [1.29, 1.82) is 0 Å². The van der Waals surface area contributed by atoms with Crippen molar-refractivity contribution in [1.82, 2.24) is 5.32 Å². The number of hydrogen-bond donors (Lipinski definition) is 2. The molecule has 2 atom stereocenters. The zero-order valence-electron chi connectivity index (χ0n) is 11.1. The van der Waals surface area contributed by atoms with Gasteiger partial charge in [0.05, 0.1) is 12.7 Å². The second kappa shape index (κ2) is 7.11. The minimum Gasteiger partial charge on any atom is -0.389 e. The summed E-state index contributed by atoms with van der Waals surface area (Å²) < 4.78 is 5.17. The van der Waals surface area contributed by atoms with E-state index in [0.29, 0.717) is 19.8 Å². The molecule has 1 aromatic rings. The molecule has 1 rings (SSSR count). The first-order chi connectivity index (χ1) is 8.04. The van der Waals surface area contributed by atoms with Crippen molar-refractivity contribution >= 4 is 11.3 Å². The molecular formula is C13H23NO2S. The van der Waals surface area contributed by atoms with Crippen LogP contribution in [0.3, 0.4) is 0 Å². The van der Waals surface area contributed by atoms with Crippen LogP contribution in [0.15, 0.2) is 6.07 Å². The number of aliphatic hydroxyl groups excluding tert-OH is 1. The number of ether oxygens (including phenoxy) is 1.